The van der Waals surface area contributed by atoms with Gasteiger partial charge in [0.1, 0.15) is 23.8 Å². The van der Waals surface area contributed by atoms with Crippen LogP contribution in [0.1, 0.15) is 35.1 Å². The van der Waals surface area contributed by atoms with E-state index in [1.807, 2.05) is 54.6 Å². The Morgan fingerprint density at radius 1 is 0.952 bits per heavy atom. The van der Waals surface area contributed by atoms with Gasteiger partial charge in [-0.25, -0.2) is 0 Å². The van der Waals surface area contributed by atoms with Crippen molar-refractivity contribution >= 4 is 23.2 Å². The summed E-state index contributed by atoms with van der Waals surface area (Å²) in [5.74, 6) is 2.83. The molecule has 3 aromatic rings. The molecule has 0 aliphatic heterocycles. The third kappa shape index (κ3) is 7.76. The molecule has 1 aliphatic carbocycles. The molecule has 1 aliphatic rings. The summed E-state index contributed by atoms with van der Waals surface area (Å²) in [4.78, 5) is 15.7. The summed E-state index contributed by atoms with van der Waals surface area (Å²) < 4.78 is 23.0. The highest BCUT2D eigenvalue weighted by molar-refractivity contribution is 6.17. The third-order valence-electron chi connectivity index (χ3n) is 7.16. The maximum absolute atomic E-state index is 14.0. The maximum atomic E-state index is 14.0. The first-order valence-electron chi connectivity index (χ1n) is 13.8. The van der Waals surface area contributed by atoms with Crippen LogP contribution in [0, 0.1) is 11.3 Å². The van der Waals surface area contributed by atoms with Crippen molar-refractivity contribution in [1.29, 1.82) is 5.41 Å². The van der Waals surface area contributed by atoms with Crippen molar-refractivity contribution in [2.24, 2.45) is 5.92 Å². The quantitative estimate of drug-likeness (QED) is 0.126. The van der Waals surface area contributed by atoms with Gasteiger partial charge in [0.2, 0.25) is 0 Å². The summed E-state index contributed by atoms with van der Waals surface area (Å²) in [6, 6.07) is 19.1. The number of methoxy groups -OCH3 is 3. The molecule has 0 bridgehead atoms. The van der Waals surface area contributed by atoms with Gasteiger partial charge in [0.25, 0.3) is 5.91 Å². The summed E-state index contributed by atoms with van der Waals surface area (Å²) in [7, 11) is 6.48. The third-order valence-corrected chi connectivity index (χ3v) is 7.47. The van der Waals surface area contributed by atoms with Gasteiger partial charge in [0, 0.05) is 41.8 Å². The van der Waals surface area contributed by atoms with Crippen LogP contribution in [0.3, 0.4) is 0 Å². The van der Waals surface area contributed by atoms with E-state index in [1.54, 1.807) is 45.4 Å². The SMILES string of the molecule is CN/C(=C\C(=N)C1CC1)C(=O)N(Cc1ccc(OC)cc1OC)Cc1cccc(OCc2ccc(CCl)cc2)c1OC. The van der Waals surface area contributed by atoms with Gasteiger partial charge in [-0.1, -0.05) is 36.4 Å². The minimum Gasteiger partial charge on any atom is -0.497 e. The summed E-state index contributed by atoms with van der Waals surface area (Å²) in [6.45, 7) is 0.835. The van der Waals surface area contributed by atoms with E-state index < -0.39 is 0 Å². The van der Waals surface area contributed by atoms with Crippen molar-refractivity contribution < 1.29 is 23.7 Å². The Morgan fingerprint density at radius 2 is 1.67 bits per heavy atom. The standard InChI is InChI=1S/C33H38ClN3O5/c1-36-29(17-28(35)24-12-13-24)33(38)37(19-25-14-15-27(39-2)16-31(25)40-3)20-26-6-5-7-30(32(26)41-4)42-21-23-10-8-22(18-34)9-11-23/h5-11,14-17,24,35-36H,12-13,18-21H2,1-4H3/b29-17-,35-28?. The second-order valence-corrected chi connectivity index (χ2v) is 10.3. The Bertz CT molecular complexity index is 1420. The lowest BCUT2D eigenvalue weighted by atomic mass is 10.1. The predicted octanol–water partition coefficient (Wildman–Crippen LogP) is 6.09. The number of nitrogens with one attached hydrogen (secondary N) is 2. The molecule has 0 aromatic heterocycles. The molecule has 0 spiro atoms. The van der Waals surface area contributed by atoms with Crippen LogP contribution >= 0.6 is 11.6 Å². The number of nitrogens with zero attached hydrogens (tertiary/aromatic N) is 1. The van der Waals surface area contributed by atoms with Crippen LogP contribution in [0.5, 0.6) is 23.0 Å². The predicted molar refractivity (Wildman–Crippen MR) is 165 cm³/mol. The van der Waals surface area contributed by atoms with E-state index in [2.05, 4.69) is 5.32 Å². The lowest BCUT2D eigenvalue weighted by Gasteiger charge is -2.26. The molecule has 0 radical (unpaired) electrons. The number of likely N-dealkylation sites (N-methyl/N-ethyl adjacent to an activating group) is 1. The Hall–Kier alpha value is -4.17. The van der Waals surface area contributed by atoms with Crippen molar-refractivity contribution in [2.75, 3.05) is 28.4 Å². The number of rotatable bonds is 15. The van der Waals surface area contributed by atoms with E-state index in [0.717, 1.165) is 35.1 Å². The molecule has 222 valence electrons. The number of ether oxygens (including phenoxy) is 4. The average Bonchev–Trinajstić information content (AvgIpc) is 3.88. The van der Waals surface area contributed by atoms with E-state index in [1.165, 1.54) is 0 Å². The van der Waals surface area contributed by atoms with Gasteiger partial charge in [-0.15, -0.1) is 11.6 Å². The zero-order valence-electron chi connectivity index (χ0n) is 24.5. The van der Waals surface area contributed by atoms with E-state index in [-0.39, 0.29) is 24.9 Å². The summed E-state index contributed by atoms with van der Waals surface area (Å²) >= 11 is 5.92. The van der Waals surface area contributed by atoms with Gasteiger partial charge in [-0.3, -0.25) is 4.79 Å². The topological polar surface area (TPSA) is 93.1 Å². The van der Waals surface area contributed by atoms with E-state index in [4.69, 9.17) is 36.0 Å². The summed E-state index contributed by atoms with van der Waals surface area (Å²) in [5.41, 5.74) is 4.45. The van der Waals surface area contributed by atoms with Crippen LogP contribution in [0.4, 0.5) is 0 Å². The van der Waals surface area contributed by atoms with Gasteiger partial charge in [0.15, 0.2) is 11.5 Å². The molecule has 2 N–H and O–H groups in total. The zero-order chi connectivity index (χ0) is 30.1. The number of carbonyl (C=O) groups excluding carboxylic acids is 1. The molecule has 1 fully saturated rings. The average molecular weight is 592 g/mol. The first-order valence-corrected chi connectivity index (χ1v) is 14.3. The fraction of sp³-hybridized carbons (Fsp3) is 0.333. The number of hydrogen-bond donors (Lipinski definition) is 2. The van der Waals surface area contributed by atoms with Gasteiger partial charge < -0.3 is 34.6 Å². The number of hydrogen-bond acceptors (Lipinski definition) is 7. The summed E-state index contributed by atoms with van der Waals surface area (Å²) in [6.07, 6.45) is 3.60. The van der Waals surface area contributed by atoms with E-state index >= 15 is 0 Å². The van der Waals surface area contributed by atoms with Crippen molar-refractivity contribution in [1.82, 2.24) is 10.2 Å². The molecule has 9 heteroatoms. The molecule has 3 aromatic carbocycles. The molecular weight excluding hydrogens is 554 g/mol. The molecule has 0 saturated heterocycles. The lowest BCUT2D eigenvalue weighted by Crippen LogP contribution is -2.35. The fourth-order valence-corrected chi connectivity index (χ4v) is 4.77. The molecule has 1 saturated carbocycles. The van der Waals surface area contributed by atoms with Crippen LogP contribution in [0.15, 0.2) is 72.4 Å². The Kier molecular flexibility index (Phi) is 10.7. The minimum atomic E-state index is -0.242. The van der Waals surface area contributed by atoms with E-state index in [9.17, 15) is 4.79 Å². The van der Waals surface area contributed by atoms with Gasteiger partial charge in [-0.05, 0) is 48.2 Å². The first-order chi connectivity index (χ1) is 20.4. The van der Waals surface area contributed by atoms with Crippen molar-refractivity contribution in [3.63, 3.8) is 0 Å². The molecule has 1 amide bonds. The van der Waals surface area contributed by atoms with Crippen LogP contribution < -0.4 is 24.3 Å². The molecule has 0 heterocycles. The number of benzene rings is 3. The number of halogens is 1. The smallest absolute Gasteiger partial charge is 0.270 e. The van der Waals surface area contributed by atoms with Crippen LogP contribution in [-0.4, -0.2) is 44.9 Å². The van der Waals surface area contributed by atoms with Crippen molar-refractivity contribution in [2.45, 2.75) is 38.4 Å². The number of amides is 1. The largest absolute Gasteiger partial charge is 0.497 e. The highest BCUT2D eigenvalue weighted by Crippen LogP contribution is 2.34. The van der Waals surface area contributed by atoms with Gasteiger partial charge in [0.05, 0.1) is 34.4 Å². The minimum absolute atomic E-state index is 0.219. The van der Waals surface area contributed by atoms with Crippen LogP contribution in [0.2, 0.25) is 0 Å². The lowest BCUT2D eigenvalue weighted by molar-refractivity contribution is -0.128. The number of allylic oxidation sites excluding steroid dienone is 1. The van der Waals surface area contributed by atoms with Crippen molar-refractivity contribution in [3.05, 3.63) is 94.7 Å². The Labute approximate surface area is 252 Å². The second-order valence-electron chi connectivity index (χ2n) is 10.1. The molecule has 42 heavy (non-hydrogen) atoms. The monoisotopic (exact) mass is 591 g/mol. The van der Waals surface area contributed by atoms with Gasteiger partial charge in [-0.2, -0.15) is 0 Å². The molecular formula is C33H38ClN3O5. The molecule has 4 rings (SSSR count). The Balaban J connectivity index is 1.64. The fourth-order valence-electron chi connectivity index (χ4n) is 4.59. The van der Waals surface area contributed by atoms with Gasteiger partial charge >= 0.3 is 0 Å². The first kappa shape index (κ1) is 30.8. The zero-order valence-corrected chi connectivity index (χ0v) is 25.3. The van der Waals surface area contributed by atoms with Crippen LogP contribution in [-0.2, 0) is 30.4 Å². The molecule has 8 nitrogen and oxygen atoms in total. The number of para-hydroxylation sites is 1. The van der Waals surface area contributed by atoms with Crippen LogP contribution in [0.25, 0.3) is 0 Å². The van der Waals surface area contributed by atoms with E-state index in [0.29, 0.717) is 46.9 Å². The maximum Gasteiger partial charge on any atom is 0.270 e. The molecule has 0 unspecified atom stereocenters. The number of alkyl halides is 1. The number of carbonyl (C=O) groups is 1. The highest BCUT2D eigenvalue weighted by Gasteiger charge is 2.28. The summed E-state index contributed by atoms with van der Waals surface area (Å²) in [5, 5.41) is 11.4. The highest BCUT2D eigenvalue weighted by atomic mass is 35.5. The normalized spacial score (nSPS) is 12.8. The van der Waals surface area contributed by atoms with Crippen molar-refractivity contribution in [3.8, 4) is 23.0 Å². The molecule has 0 atom stereocenters. The Morgan fingerprint density at radius 3 is 2.29 bits per heavy atom. The second kappa shape index (κ2) is 14.6.